The van der Waals surface area contributed by atoms with Crippen molar-refractivity contribution in [3.8, 4) is 28.3 Å². The second-order valence-electron chi connectivity index (χ2n) is 7.12. The molecular weight excluding hydrogens is 386 g/mol. The fraction of sp³-hybridized carbons (Fsp3) is 0.154. The van der Waals surface area contributed by atoms with Gasteiger partial charge in [-0.2, -0.15) is 0 Å². The van der Waals surface area contributed by atoms with Gasteiger partial charge in [-0.25, -0.2) is 4.98 Å². The van der Waals surface area contributed by atoms with Crippen molar-refractivity contribution < 1.29 is 9.53 Å². The van der Waals surface area contributed by atoms with E-state index in [1.54, 1.807) is 17.4 Å². The van der Waals surface area contributed by atoms with Gasteiger partial charge in [0.25, 0.3) is 5.91 Å². The molecule has 0 unspecified atom stereocenters. The minimum absolute atomic E-state index is 0.0182. The quantitative estimate of drug-likeness (QED) is 0.385. The summed E-state index contributed by atoms with van der Waals surface area (Å²) < 4.78 is 7.73. The van der Waals surface area contributed by atoms with E-state index in [2.05, 4.69) is 17.1 Å². The summed E-state index contributed by atoms with van der Waals surface area (Å²) in [6.45, 7) is 5.29. The van der Waals surface area contributed by atoms with E-state index >= 15 is 0 Å². The molecule has 0 radical (unpaired) electrons. The molecule has 0 saturated heterocycles. The van der Waals surface area contributed by atoms with Gasteiger partial charge in [-0.15, -0.1) is 0 Å². The number of nitrogens with zero attached hydrogens (tertiary/aromatic N) is 3. The molecule has 4 rings (SSSR count). The van der Waals surface area contributed by atoms with E-state index < -0.39 is 0 Å². The van der Waals surface area contributed by atoms with Crippen LogP contribution in [0, 0.1) is 0 Å². The van der Waals surface area contributed by atoms with Crippen LogP contribution in [0.3, 0.4) is 0 Å². The maximum atomic E-state index is 12.9. The molecule has 0 aliphatic heterocycles. The van der Waals surface area contributed by atoms with Gasteiger partial charge in [0.2, 0.25) is 0 Å². The molecule has 0 N–H and O–H groups in total. The number of aromatic nitrogens is 2. The summed E-state index contributed by atoms with van der Waals surface area (Å²) in [4.78, 5) is 18.9. The number of imidazole rings is 1. The SMILES string of the molecule is CCN(CC)C(=O)c1cncn1-c1cccc(-c2ccc(Oc3ccccc3)cc2)c1. The molecule has 0 aliphatic carbocycles. The Morgan fingerprint density at radius 1 is 0.871 bits per heavy atom. The predicted octanol–water partition coefficient (Wildman–Crippen LogP) is 5.81. The second-order valence-corrected chi connectivity index (χ2v) is 7.12. The lowest BCUT2D eigenvalue weighted by atomic mass is 10.0. The maximum absolute atomic E-state index is 12.9. The second kappa shape index (κ2) is 9.30. The number of ether oxygens (including phenoxy) is 1. The Balaban J connectivity index is 1.59. The summed E-state index contributed by atoms with van der Waals surface area (Å²) in [5.74, 6) is 1.57. The van der Waals surface area contributed by atoms with Crippen molar-refractivity contribution in [3.63, 3.8) is 0 Å². The zero-order valence-electron chi connectivity index (χ0n) is 17.7. The first-order valence-corrected chi connectivity index (χ1v) is 10.4. The van der Waals surface area contributed by atoms with Crippen LogP contribution in [0.5, 0.6) is 11.5 Å². The van der Waals surface area contributed by atoms with E-state index in [-0.39, 0.29) is 5.91 Å². The third kappa shape index (κ3) is 4.51. The smallest absolute Gasteiger partial charge is 0.272 e. The normalized spacial score (nSPS) is 10.6. The van der Waals surface area contributed by atoms with Crippen LogP contribution >= 0.6 is 0 Å². The minimum Gasteiger partial charge on any atom is -0.457 e. The number of rotatable bonds is 7. The Bertz CT molecular complexity index is 1150. The van der Waals surface area contributed by atoms with Crippen LogP contribution in [-0.4, -0.2) is 33.4 Å². The molecule has 0 bridgehead atoms. The molecule has 1 heterocycles. The summed E-state index contributed by atoms with van der Waals surface area (Å²) in [5, 5.41) is 0. The van der Waals surface area contributed by atoms with Crippen molar-refractivity contribution in [1.82, 2.24) is 14.5 Å². The number of hydrogen-bond acceptors (Lipinski definition) is 3. The zero-order chi connectivity index (χ0) is 21.6. The van der Waals surface area contributed by atoms with Gasteiger partial charge in [-0.1, -0.05) is 42.5 Å². The predicted molar refractivity (Wildman–Crippen MR) is 123 cm³/mol. The first kappa shape index (κ1) is 20.4. The highest BCUT2D eigenvalue weighted by atomic mass is 16.5. The fourth-order valence-corrected chi connectivity index (χ4v) is 3.51. The molecule has 0 fully saturated rings. The average Bonchev–Trinajstić information content (AvgIpc) is 3.31. The summed E-state index contributed by atoms with van der Waals surface area (Å²) in [5.41, 5.74) is 3.58. The van der Waals surface area contributed by atoms with Gasteiger partial charge in [0.1, 0.15) is 17.2 Å². The molecule has 0 atom stereocenters. The van der Waals surface area contributed by atoms with Crippen LogP contribution in [0.4, 0.5) is 0 Å². The molecule has 5 nitrogen and oxygen atoms in total. The molecule has 0 aliphatic rings. The monoisotopic (exact) mass is 411 g/mol. The van der Waals surface area contributed by atoms with Crippen molar-refractivity contribution in [1.29, 1.82) is 0 Å². The third-order valence-corrected chi connectivity index (χ3v) is 5.20. The number of benzene rings is 3. The third-order valence-electron chi connectivity index (χ3n) is 5.20. The zero-order valence-corrected chi connectivity index (χ0v) is 17.7. The summed E-state index contributed by atoms with van der Waals surface area (Å²) >= 11 is 0. The lowest BCUT2D eigenvalue weighted by Gasteiger charge is -2.19. The number of amides is 1. The van der Waals surface area contributed by atoms with Crippen molar-refractivity contribution >= 4 is 5.91 Å². The fourth-order valence-electron chi connectivity index (χ4n) is 3.51. The maximum Gasteiger partial charge on any atom is 0.272 e. The molecule has 4 aromatic rings. The molecule has 156 valence electrons. The van der Waals surface area contributed by atoms with Crippen LogP contribution in [0.2, 0.25) is 0 Å². The number of carbonyl (C=O) groups is 1. The number of carbonyl (C=O) groups excluding carboxylic acids is 1. The highest BCUT2D eigenvalue weighted by Crippen LogP contribution is 2.27. The topological polar surface area (TPSA) is 47.4 Å². The lowest BCUT2D eigenvalue weighted by Crippen LogP contribution is -2.31. The van der Waals surface area contributed by atoms with E-state index in [0.29, 0.717) is 18.8 Å². The standard InChI is InChI=1S/C26H25N3O2/c1-3-28(4-2)26(30)25-18-27-19-29(25)22-10-8-9-21(17-22)20-13-15-24(16-14-20)31-23-11-6-5-7-12-23/h5-19H,3-4H2,1-2H3. The molecule has 1 amide bonds. The van der Waals surface area contributed by atoms with Crippen LogP contribution in [-0.2, 0) is 0 Å². The van der Waals surface area contributed by atoms with E-state index in [0.717, 1.165) is 28.3 Å². The van der Waals surface area contributed by atoms with Crippen LogP contribution in [0.1, 0.15) is 24.3 Å². The van der Waals surface area contributed by atoms with Crippen molar-refractivity contribution in [2.45, 2.75) is 13.8 Å². The van der Waals surface area contributed by atoms with Crippen molar-refractivity contribution in [3.05, 3.63) is 97.1 Å². The average molecular weight is 412 g/mol. The molecule has 1 aromatic heterocycles. The van der Waals surface area contributed by atoms with E-state index in [9.17, 15) is 4.79 Å². The van der Waals surface area contributed by atoms with Gasteiger partial charge in [0.15, 0.2) is 0 Å². The molecule has 5 heteroatoms. The lowest BCUT2D eigenvalue weighted by molar-refractivity contribution is 0.0765. The van der Waals surface area contributed by atoms with E-state index in [1.807, 2.05) is 85.1 Å². The summed E-state index contributed by atoms with van der Waals surface area (Å²) in [6, 6.07) is 25.8. The van der Waals surface area contributed by atoms with Gasteiger partial charge in [-0.3, -0.25) is 9.36 Å². The molecular formula is C26H25N3O2. The Morgan fingerprint density at radius 2 is 1.58 bits per heavy atom. The molecule has 31 heavy (non-hydrogen) atoms. The van der Waals surface area contributed by atoms with Gasteiger partial charge in [-0.05, 0) is 61.4 Å². The Kier molecular flexibility index (Phi) is 6.13. The van der Waals surface area contributed by atoms with Crippen LogP contribution < -0.4 is 4.74 Å². The molecule has 0 saturated carbocycles. The molecule has 0 spiro atoms. The highest BCUT2D eigenvalue weighted by molar-refractivity contribution is 5.93. The van der Waals surface area contributed by atoms with Crippen molar-refractivity contribution in [2.24, 2.45) is 0 Å². The first-order valence-electron chi connectivity index (χ1n) is 10.4. The summed E-state index contributed by atoms with van der Waals surface area (Å²) in [6.07, 6.45) is 3.32. The Morgan fingerprint density at radius 3 is 2.29 bits per heavy atom. The van der Waals surface area contributed by atoms with Gasteiger partial charge >= 0.3 is 0 Å². The van der Waals surface area contributed by atoms with Crippen LogP contribution in [0.25, 0.3) is 16.8 Å². The Hall–Kier alpha value is -3.86. The Labute approximate surface area is 182 Å². The van der Waals surface area contributed by atoms with Gasteiger partial charge in [0.05, 0.1) is 12.5 Å². The van der Waals surface area contributed by atoms with Crippen LogP contribution in [0.15, 0.2) is 91.4 Å². The minimum atomic E-state index is -0.0182. The summed E-state index contributed by atoms with van der Waals surface area (Å²) in [7, 11) is 0. The highest BCUT2D eigenvalue weighted by Gasteiger charge is 2.18. The number of hydrogen-bond donors (Lipinski definition) is 0. The van der Waals surface area contributed by atoms with E-state index in [4.69, 9.17) is 4.74 Å². The number of para-hydroxylation sites is 1. The van der Waals surface area contributed by atoms with Crippen molar-refractivity contribution in [2.75, 3.05) is 13.1 Å². The first-order chi connectivity index (χ1) is 15.2. The van der Waals surface area contributed by atoms with E-state index in [1.165, 1.54) is 0 Å². The van der Waals surface area contributed by atoms with Gasteiger partial charge in [0, 0.05) is 18.8 Å². The molecule has 3 aromatic carbocycles. The largest absolute Gasteiger partial charge is 0.457 e. The van der Waals surface area contributed by atoms with Gasteiger partial charge < -0.3 is 9.64 Å².